The van der Waals surface area contributed by atoms with Crippen LogP contribution in [-0.4, -0.2) is 62.2 Å². The van der Waals surface area contributed by atoms with Crippen LogP contribution < -0.4 is 5.32 Å². The number of nitrogens with zero attached hydrogens (tertiary/aromatic N) is 2. The van der Waals surface area contributed by atoms with Crippen LogP contribution in [0.5, 0.6) is 0 Å². The molecule has 3 nitrogen and oxygen atoms in total. The highest BCUT2D eigenvalue weighted by Gasteiger charge is 2.39. The van der Waals surface area contributed by atoms with Crippen LogP contribution in [0.1, 0.15) is 20.3 Å². The van der Waals surface area contributed by atoms with Gasteiger partial charge in [0.15, 0.2) is 0 Å². The molecule has 1 saturated heterocycles. The van der Waals surface area contributed by atoms with Gasteiger partial charge in [0.05, 0.1) is 0 Å². The van der Waals surface area contributed by atoms with Crippen molar-refractivity contribution in [3.05, 3.63) is 0 Å². The largest absolute Gasteiger partial charge is 0.315 e. The zero-order chi connectivity index (χ0) is 10.8. The van der Waals surface area contributed by atoms with Crippen LogP contribution in [0.4, 0.5) is 0 Å². The third-order valence-corrected chi connectivity index (χ3v) is 3.52. The van der Waals surface area contributed by atoms with Crippen molar-refractivity contribution in [3.8, 4) is 0 Å². The lowest BCUT2D eigenvalue weighted by molar-refractivity contribution is 0.142. The average Bonchev–Trinajstić information content (AvgIpc) is 2.37. The Morgan fingerprint density at radius 1 is 1.43 bits per heavy atom. The molecule has 1 rings (SSSR count). The lowest BCUT2D eigenvalue weighted by Crippen LogP contribution is -2.51. The molecule has 0 radical (unpaired) electrons. The molecule has 84 valence electrons. The van der Waals surface area contributed by atoms with E-state index in [1.54, 1.807) is 0 Å². The SMILES string of the molecule is CNC1CCN(CCN(C)C)C1(C)C. The average molecular weight is 199 g/mol. The second-order valence-corrected chi connectivity index (χ2v) is 5.07. The van der Waals surface area contributed by atoms with Crippen molar-refractivity contribution in [3.63, 3.8) is 0 Å². The normalized spacial score (nSPS) is 27.4. The molecule has 1 heterocycles. The summed E-state index contributed by atoms with van der Waals surface area (Å²) >= 11 is 0. The second-order valence-electron chi connectivity index (χ2n) is 5.07. The number of rotatable bonds is 4. The van der Waals surface area contributed by atoms with Gasteiger partial charge in [-0.2, -0.15) is 0 Å². The van der Waals surface area contributed by atoms with Gasteiger partial charge in [0.2, 0.25) is 0 Å². The second kappa shape index (κ2) is 4.60. The van der Waals surface area contributed by atoms with Crippen LogP contribution in [-0.2, 0) is 0 Å². The van der Waals surface area contributed by atoms with Crippen molar-refractivity contribution in [1.29, 1.82) is 0 Å². The van der Waals surface area contributed by atoms with Gasteiger partial charge in [0.1, 0.15) is 0 Å². The van der Waals surface area contributed by atoms with Crippen LogP contribution in [0.15, 0.2) is 0 Å². The Morgan fingerprint density at radius 3 is 2.50 bits per heavy atom. The van der Waals surface area contributed by atoms with E-state index < -0.39 is 0 Å². The standard InChI is InChI=1S/C11H25N3/c1-11(2)10(12-3)6-7-14(11)9-8-13(4)5/h10,12H,6-9H2,1-5H3. The molecule has 14 heavy (non-hydrogen) atoms. The molecule has 1 atom stereocenters. The van der Waals surface area contributed by atoms with Crippen molar-refractivity contribution < 1.29 is 0 Å². The van der Waals surface area contributed by atoms with E-state index in [-0.39, 0.29) is 0 Å². The molecule has 1 aliphatic rings. The van der Waals surface area contributed by atoms with Crippen molar-refractivity contribution in [2.24, 2.45) is 0 Å². The molecule has 1 unspecified atom stereocenters. The maximum absolute atomic E-state index is 3.42. The quantitative estimate of drug-likeness (QED) is 0.716. The molecule has 0 spiro atoms. The number of hydrogen-bond donors (Lipinski definition) is 1. The highest BCUT2D eigenvalue weighted by molar-refractivity contribution is 4.99. The molecule has 0 aromatic rings. The van der Waals surface area contributed by atoms with E-state index in [2.05, 4.69) is 50.1 Å². The highest BCUT2D eigenvalue weighted by Crippen LogP contribution is 2.28. The van der Waals surface area contributed by atoms with Gasteiger partial charge >= 0.3 is 0 Å². The lowest BCUT2D eigenvalue weighted by atomic mass is 9.96. The Kier molecular flexibility index (Phi) is 3.93. The van der Waals surface area contributed by atoms with Crippen molar-refractivity contribution in [2.75, 3.05) is 40.8 Å². The molecule has 0 saturated carbocycles. The fourth-order valence-electron chi connectivity index (χ4n) is 2.36. The smallest absolute Gasteiger partial charge is 0.0307 e. The molecular weight excluding hydrogens is 174 g/mol. The first kappa shape index (κ1) is 12.0. The summed E-state index contributed by atoms with van der Waals surface area (Å²) in [6, 6.07) is 0.643. The minimum Gasteiger partial charge on any atom is -0.315 e. The summed E-state index contributed by atoms with van der Waals surface area (Å²) in [7, 11) is 6.35. The fourth-order valence-corrected chi connectivity index (χ4v) is 2.36. The highest BCUT2D eigenvalue weighted by atomic mass is 15.3. The summed E-state index contributed by atoms with van der Waals surface area (Å²) in [6.45, 7) is 8.25. The molecule has 0 aliphatic carbocycles. The molecule has 0 amide bonds. The molecule has 3 heteroatoms. The topological polar surface area (TPSA) is 18.5 Å². The Hall–Kier alpha value is -0.120. The molecule has 0 bridgehead atoms. The van der Waals surface area contributed by atoms with Gasteiger partial charge < -0.3 is 10.2 Å². The summed E-state index contributed by atoms with van der Waals surface area (Å²) in [5, 5.41) is 3.42. The van der Waals surface area contributed by atoms with Crippen molar-refractivity contribution >= 4 is 0 Å². The summed E-state index contributed by atoms with van der Waals surface area (Å²) in [5.41, 5.74) is 0.310. The van der Waals surface area contributed by atoms with Gasteiger partial charge in [-0.3, -0.25) is 4.90 Å². The lowest BCUT2D eigenvalue weighted by Gasteiger charge is -2.36. The first-order chi connectivity index (χ1) is 6.48. The summed E-state index contributed by atoms with van der Waals surface area (Å²) in [5.74, 6) is 0. The summed E-state index contributed by atoms with van der Waals surface area (Å²) in [6.07, 6.45) is 1.27. The van der Waals surface area contributed by atoms with E-state index in [0.717, 1.165) is 6.54 Å². The third kappa shape index (κ3) is 2.47. The number of likely N-dealkylation sites (N-methyl/N-ethyl adjacent to an activating group) is 2. The molecule has 0 aromatic carbocycles. The van der Waals surface area contributed by atoms with Crippen molar-refractivity contribution in [1.82, 2.24) is 15.1 Å². The zero-order valence-electron chi connectivity index (χ0n) is 10.3. The predicted molar refractivity (Wildman–Crippen MR) is 61.7 cm³/mol. The van der Waals surface area contributed by atoms with Gasteiger partial charge in [0, 0.05) is 31.2 Å². The molecule has 1 aliphatic heterocycles. The number of hydrogen-bond acceptors (Lipinski definition) is 3. The van der Waals surface area contributed by atoms with E-state index in [1.807, 2.05) is 0 Å². The van der Waals surface area contributed by atoms with Crippen LogP contribution in [0, 0.1) is 0 Å². The summed E-state index contributed by atoms with van der Waals surface area (Å²) < 4.78 is 0. The Balaban J connectivity index is 2.47. The van der Waals surface area contributed by atoms with Gasteiger partial charge in [0.25, 0.3) is 0 Å². The maximum Gasteiger partial charge on any atom is 0.0307 e. The van der Waals surface area contributed by atoms with Gasteiger partial charge in [-0.15, -0.1) is 0 Å². The van der Waals surface area contributed by atoms with Crippen LogP contribution in [0.3, 0.4) is 0 Å². The summed E-state index contributed by atoms with van der Waals surface area (Å²) in [4.78, 5) is 4.84. The minimum absolute atomic E-state index is 0.310. The number of likely N-dealkylation sites (tertiary alicyclic amines) is 1. The maximum atomic E-state index is 3.42. The van der Waals surface area contributed by atoms with Gasteiger partial charge in [-0.1, -0.05) is 0 Å². The third-order valence-electron chi connectivity index (χ3n) is 3.52. The van der Waals surface area contributed by atoms with Gasteiger partial charge in [-0.05, 0) is 41.4 Å². The first-order valence-electron chi connectivity index (χ1n) is 5.55. The predicted octanol–water partition coefficient (Wildman–Crippen LogP) is 0.620. The molecule has 1 N–H and O–H groups in total. The first-order valence-corrected chi connectivity index (χ1v) is 5.55. The Bertz CT molecular complexity index is 177. The van der Waals surface area contributed by atoms with Crippen LogP contribution in [0.25, 0.3) is 0 Å². The Labute approximate surface area is 88.5 Å². The molecule has 0 aromatic heterocycles. The van der Waals surface area contributed by atoms with Crippen molar-refractivity contribution in [2.45, 2.75) is 31.8 Å². The van der Waals surface area contributed by atoms with Crippen LogP contribution in [0.2, 0.25) is 0 Å². The van der Waals surface area contributed by atoms with Crippen LogP contribution >= 0.6 is 0 Å². The number of nitrogens with one attached hydrogen (secondary N) is 1. The van der Waals surface area contributed by atoms with Gasteiger partial charge in [-0.25, -0.2) is 0 Å². The van der Waals surface area contributed by atoms with E-state index in [0.29, 0.717) is 11.6 Å². The van der Waals surface area contributed by atoms with E-state index >= 15 is 0 Å². The van der Waals surface area contributed by atoms with E-state index in [4.69, 9.17) is 0 Å². The zero-order valence-corrected chi connectivity index (χ0v) is 10.3. The minimum atomic E-state index is 0.310. The van der Waals surface area contributed by atoms with E-state index in [1.165, 1.54) is 19.5 Å². The fraction of sp³-hybridized carbons (Fsp3) is 1.00. The monoisotopic (exact) mass is 199 g/mol. The van der Waals surface area contributed by atoms with E-state index in [9.17, 15) is 0 Å². The Morgan fingerprint density at radius 2 is 2.07 bits per heavy atom. The molecular formula is C11H25N3. The molecule has 1 fully saturated rings.